The fourth-order valence-corrected chi connectivity index (χ4v) is 1.33. The summed E-state index contributed by atoms with van der Waals surface area (Å²) in [4.78, 5) is 20.8. The van der Waals surface area contributed by atoms with Crippen LogP contribution in [0, 0.1) is 5.82 Å². The normalized spacial score (nSPS) is 10.1. The maximum Gasteiger partial charge on any atom is 0.307 e. The molecule has 0 spiro atoms. The number of carbonyl (C=O) groups is 2. The first-order chi connectivity index (χ1) is 7.49. The van der Waals surface area contributed by atoms with Crippen LogP contribution in [-0.4, -0.2) is 22.2 Å². The zero-order valence-corrected chi connectivity index (χ0v) is 8.44. The van der Waals surface area contributed by atoms with E-state index in [-0.39, 0.29) is 18.4 Å². The largest absolute Gasteiger partial charge is 0.481 e. The average molecular weight is 226 g/mol. The van der Waals surface area contributed by atoms with Gasteiger partial charge >= 0.3 is 11.9 Å². The van der Waals surface area contributed by atoms with Gasteiger partial charge in [-0.3, -0.25) is 9.59 Å². The van der Waals surface area contributed by atoms with Gasteiger partial charge in [0.15, 0.2) is 0 Å². The maximum absolute atomic E-state index is 13.1. The lowest BCUT2D eigenvalue weighted by Gasteiger charge is -2.03. The number of benzene rings is 1. The van der Waals surface area contributed by atoms with Crippen molar-refractivity contribution in [3.63, 3.8) is 0 Å². The van der Waals surface area contributed by atoms with E-state index in [0.29, 0.717) is 5.56 Å². The predicted molar refractivity (Wildman–Crippen MR) is 53.7 cm³/mol. The molecule has 0 bridgehead atoms. The summed E-state index contributed by atoms with van der Waals surface area (Å²) in [6, 6.07) is 4.02. The van der Waals surface area contributed by atoms with Gasteiger partial charge in [-0.1, -0.05) is 12.1 Å². The molecule has 0 aliphatic rings. The summed E-state index contributed by atoms with van der Waals surface area (Å²) in [5.74, 6) is -2.64. The van der Waals surface area contributed by atoms with Gasteiger partial charge in [0.25, 0.3) is 0 Å². The summed E-state index contributed by atoms with van der Waals surface area (Å²) < 4.78 is 13.1. The summed E-state index contributed by atoms with van der Waals surface area (Å²) in [6.07, 6.45) is -0.187. The molecule has 0 amide bonds. The lowest BCUT2D eigenvalue weighted by atomic mass is 10.0. The van der Waals surface area contributed by atoms with Crippen LogP contribution in [-0.2, 0) is 22.4 Å². The molecule has 0 heterocycles. The number of carboxylic acid groups (broad SMARTS) is 2. The molecule has 1 rings (SSSR count). The van der Waals surface area contributed by atoms with Crippen LogP contribution in [0.5, 0.6) is 0 Å². The summed E-state index contributed by atoms with van der Waals surface area (Å²) >= 11 is 0. The third kappa shape index (κ3) is 3.68. The minimum Gasteiger partial charge on any atom is -0.481 e. The highest BCUT2D eigenvalue weighted by atomic mass is 19.1. The van der Waals surface area contributed by atoms with Gasteiger partial charge in [0.05, 0.1) is 6.42 Å². The topological polar surface area (TPSA) is 74.6 Å². The molecule has 0 aliphatic heterocycles. The van der Waals surface area contributed by atoms with Crippen LogP contribution in [0.4, 0.5) is 4.39 Å². The van der Waals surface area contributed by atoms with E-state index in [4.69, 9.17) is 10.2 Å². The van der Waals surface area contributed by atoms with E-state index in [0.717, 1.165) is 6.07 Å². The maximum atomic E-state index is 13.1. The van der Waals surface area contributed by atoms with Crippen molar-refractivity contribution in [2.75, 3.05) is 0 Å². The molecule has 2 N–H and O–H groups in total. The van der Waals surface area contributed by atoms with Crippen LogP contribution in [0.25, 0.3) is 0 Å². The minimum absolute atomic E-state index is 0.0574. The first-order valence-electron chi connectivity index (χ1n) is 4.70. The molecular weight excluding hydrogens is 215 g/mol. The molecular formula is C11H11FO4. The van der Waals surface area contributed by atoms with Crippen molar-refractivity contribution in [3.8, 4) is 0 Å². The van der Waals surface area contributed by atoms with E-state index in [1.54, 1.807) is 0 Å². The van der Waals surface area contributed by atoms with Gasteiger partial charge in [-0.25, -0.2) is 4.39 Å². The first-order valence-corrected chi connectivity index (χ1v) is 4.70. The van der Waals surface area contributed by atoms with Crippen molar-refractivity contribution in [2.45, 2.75) is 19.3 Å². The van der Waals surface area contributed by atoms with Crippen LogP contribution in [0.2, 0.25) is 0 Å². The van der Waals surface area contributed by atoms with Gasteiger partial charge in [0.1, 0.15) is 5.82 Å². The highest BCUT2D eigenvalue weighted by Crippen LogP contribution is 2.13. The highest BCUT2D eigenvalue weighted by molar-refractivity contribution is 5.70. The van der Waals surface area contributed by atoms with Gasteiger partial charge in [-0.05, 0) is 23.6 Å². The fraction of sp³-hybridized carbons (Fsp3) is 0.273. The molecule has 1 aromatic carbocycles. The molecule has 0 fully saturated rings. The van der Waals surface area contributed by atoms with Crippen LogP contribution >= 0.6 is 0 Å². The molecule has 4 nitrogen and oxygen atoms in total. The number of halogens is 1. The average Bonchev–Trinajstić information content (AvgIpc) is 2.18. The lowest BCUT2D eigenvalue weighted by Crippen LogP contribution is -2.04. The van der Waals surface area contributed by atoms with E-state index in [2.05, 4.69) is 0 Å². The second kappa shape index (κ2) is 5.25. The highest BCUT2D eigenvalue weighted by Gasteiger charge is 2.08. The monoisotopic (exact) mass is 226 g/mol. The summed E-state index contributed by atoms with van der Waals surface area (Å²) in [5, 5.41) is 17.0. The van der Waals surface area contributed by atoms with E-state index in [1.165, 1.54) is 12.1 Å². The van der Waals surface area contributed by atoms with E-state index in [1.807, 2.05) is 0 Å². The molecule has 86 valence electrons. The van der Waals surface area contributed by atoms with Gasteiger partial charge in [-0.2, -0.15) is 0 Å². The Kier molecular flexibility index (Phi) is 3.99. The Bertz CT molecular complexity index is 414. The summed E-state index contributed by atoms with van der Waals surface area (Å²) in [7, 11) is 0. The molecule has 16 heavy (non-hydrogen) atoms. The molecule has 1 aromatic rings. The minimum atomic E-state index is -1.12. The van der Waals surface area contributed by atoms with Gasteiger partial charge in [-0.15, -0.1) is 0 Å². The second-order valence-corrected chi connectivity index (χ2v) is 3.39. The fourth-order valence-electron chi connectivity index (χ4n) is 1.33. The Morgan fingerprint density at radius 2 is 1.88 bits per heavy atom. The van der Waals surface area contributed by atoms with Crippen molar-refractivity contribution in [1.29, 1.82) is 0 Å². The Morgan fingerprint density at radius 3 is 2.44 bits per heavy atom. The molecule has 0 saturated carbocycles. The lowest BCUT2D eigenvalue weighted by molar-refractivity contribution is -0.137. The SMILES string of the molecule is O=C(O)CCc1ccc(F)c(CC(=O)O)c1. The number of rotatable bonds is 5. The number of carboxylic acids is 2. The van der Waals surface area contributed by atoms with Crippen molar-refractivity contribution in [2.24, 2.45) is 0 Å². The summed E-state index contributed by atoms with van der Waals surface area (Å²) in [6.45, 7) is 0. The Labute approximate surface area is 91.3 Å². The number of aliphatic carboxylic acids is 2. The zero-order chi connectivity index (χ0) is 12.1. The molecule has 0 aromatic heterocycles. The molecule has 0 radical (unpaired) electrons. The molecule has 0 atom stereocenters. The van der Waals surface area contributed by atoms with E-state index < -0.39 is 24.2 Å². The number of hydrogen-bond acceptors (Lipinski definition) is 2. The Balaban J connectivity index is 2.80. The third-order valence-electron chi connectivity index (χ3n) is 2.08. The predicted octanol–water partition coefficient (Wildman–Crippen LogP) is 1.47. The van der Waals surface area contributed by atoms with Gasteiger partial charge in [0.2, 0.25) is 0 Å². The second-order valence-electron chi connectivity index (χ2n) is 3.39. The zero-order valence-electron chi connectivity index (χ0n) is 8.44. The van der Waals surface area contributed by atoms with Crippen LogP contribution < -0.4 is 0 Å². The van der Waals surface area contributed by atoms with E-state index in [9.17, 15) is 14.0 Å². The summed E-state index contributed by atoms with van der Waals surface area (Å²) in [5.41, 5.74) is 0.704. The van der Waals surface area contributed by atoms with Gasteiger partial charge in [0, 0.05) is 6.42 Å². The van der Waals surface area contributed by atoms with Crippen molar-refractivity contribution < 1.29 is 24.2 Å². The van der Waals surface area contributed by atoms with Crippen LogP contribution in [0.1, 0.15) is 17.5 Å². The Morgan fingerprint density at radius 1 is 1.19 bits per heavy atom. The molecule has 5 heteroatoms. The smallest absolute Gasteiger partial charge is 0.307 e. The standard InChI is InChI=1S/C11H11FO4/c12-9-3-1-7(2-4-10(13)14)5-8(9)6-11(15)16/h1,3,5H,2,4,6H2,(H,13,14)(H,15,16). The quantitative estimate of drug-likeness (QED) is 0.797. The molecule has 0 aliphatic carbocycles. The molecule has 0 unspecified atom stereocenters. The van der Waals surface area contributed by atoms with Crippen molar-refractivity contribution >= 4 is 11.9 Å². The van der Waals surface area contributed by atoms with Crippen LogP contribution in [0.15, 0.2) is 18.2 Å². The van der Waals surface area contributed by atoms with Gasteiger partial charge < -0.3 is 10.2 Å². The molecule has 0 saturated heterocycles. The van der Waals surface area contributed by atoms with E-state index >= 15 is 0 Å². The number of hydrogen-bond donors (Lipinski definition) is 2. The first kappa shape index (κ1) is 12.2. The third-order valence-corrected chi connectivity index (χ3v) is 2.08. The number of aryl methyl sites for hydroxylation is 1. The van der Waals surface area contributed by atoms with Crippen molar-refractivity contribution in [3.05, 3.63) is 35.1 Å². The Hall–Kier alpha value is -1.91. The van der Waals surface area contributed by atoms with Crippen molar-refractivity contribution in [1.82, 2.24) is 0 Å². The van der Waals surface area contributed by atoms with Crippen LogP contribution in [0.3, 0.4) is 0 Å².